The number of rotatable bonds is 24. The van der Waals surface area contributed by atoms with Gasteiger partial charge in [0.15, 0.2) is 0 Å². The summed E-state index contributed by atoms with van der Waals surface area (Å²) in [6.07, 6.45) is 7.12. The van der Waals surface area contributed by atoms with Gasteiger partial charge in [0, 0.05) is 25.2 Å². The van der Waals surface area contributed by atoms with E-state index in [1.807, 2.05) is 32.9 Å². The Morgan fingerprint density at radius 1 is 0.691 bits per heavy atom. The van der Waals surface area contributed by atoms with Gasteiger partial charge in [-0.25, -0.2) is 0 Å². The van der Waals surface area contributed by atoms with Crippen molar-refractivity contribution in [2.45, 2.75) is 155 Å². The van der Waals surface area contributed by atoms with E-state index in [0.717, 1.165) is 37.4 Å². The van der Waals surface area contributed by atoms with E-state index in [4.69, 9.17) is 0 Å². The lowest BCUT2D eigenvalue weighted by Crippen LogP contribution is -2.64. The lowest BCUT2D eigenvalue weighted by molar-refractivity contribution is -0.138. The van der Waals surface area contributed by atoms with Crippen LogP contribution in [0.15, 0.2) is 24.3 Å². The molecule has 9 N–H and O–H groups in total. The van der Waals surface area contributed by atoms with Gasteiger partial charge in [0.25, 0.3) is 5.91 Å². The number of nitrogens with zero attached hydrogens (tertiary/aromatic N) is 1. The molecule has 9 amide bonds. The average Bonchev–Trinajstić information content (AvgIpc) is 3.67. The van der Waals surface area contributed by atoms with Crippen molar-refractivity contribution in [1.82, 2.24) is 52.8 Å². The minimum absolute atomic E-state index is 0.0585. The minimum Gasteiger partial charge on any atom is -0.353 e. The van der Waals surface area contributed by atoms with Crippen LogP contribution in [0.5, 0.6) is 0 Å². The van der Waals surface area contributed by atoms with E-state index < -0.39 is 95.1 Å². The fourth-order valence-electron chi connectivity index (χ4n) is 8.27. The molecule has 3 rings (SSSR count). The molecular weight excluding hydrogens is 892 g/mol. The van der Waals surface area contributed by atoms with Crippen LogP contribution in [0.4, 0.5) is 0 Å². The third kappa shape index (κ3) is 18.1. The molecule has 1 heterocycles. The highest BCUT2D eigenvalue weighted by atomic mass is 31.0. The van der Waals surface area contributed by atoms with E-state index in [-0.39, 0.29) is 24.2 Å². The monoisotopic (exact) mass is 971 g/mol. The largest absolute Gasteiger partial charge is 0.353 e. The summed E-state index contributed by atoms with van der Waals surface area (Å²) in [5, 5.41) is 25.1. The molecule has 68 heavy (non-hydrogen) atoms. The molecule has 0 bridgehead atoms. The summed E-state index contributed by atoms with van der Waals surface area (Å²) in [5.74, 6) is -4.68. The van der Waals surface area contributed by atoms with Crippen molar-refractivity contribution in [3.05, 3.63) is 29.8 Å². The van der Waals surface area contributed by atoms with Crippen LogP contribution in [0, 0.1) is 17.8 Å². The van der Waals surface area contributed by atoms with Gasteiger partial charge in [-0.3, -0.25) is 43.2 Å². The number of hydrogen-bond acceptors (Lipinski definition) is 10. The lowest BCUT2D eigenvalue weighted by Gasteiger charge is -2.33. The summed E-state index contributed by atoms with van der Waals surface area (Å²) in [4.78, 5) is 122. The maximum absolute atomic E-state index is 13.9. The maximum Gasteiger partial charge on any atom is 0.254 e. The van der Waals surface area contributed by atoms with Crippen LogP contribution in [-0.4, -0.2) is 133 Å². The number of nitrogens with one attached hydrogen (secondary N) is 9. The molecule has 0 spiro atoms. The third-order valence-electron chi connectivity index (χ3n) is 12.3. The zero-order chi connectivity index (χ0) is 51.0. The highest BCUT2D eigenvalue weighted by Gasteiger charge is 2.41. The molecule has 1 saturated heterocycles. The quantitative estimate of drug-likeness (QED) is 0.0517. The number of carbonyl (C=O) groups excluding carboxylic acids is 9. The topological polar surface area (TPSA) is 265 Å². The van der Waals surface area contributed by atoms with Gasteiger partial charge in [0.05, 0.1) is 13.1 Å². The van der Waals surface area contributed by atoms with Crippen LogP contribution in [0.1, 0.15) is 130 Å². The molecule has 0 radical (unpaired) electrons. The van der Waals surface area contributed by atoms with E-state index in [0.29, 0.717) is 50.4 Å². The molecule has 1 aromatic carbocycles. The number of benzene rings is 1. The van der Waals surface area contributed by atoms with Gasteiger partial charge in [0.2, 0.25) is 47.3 Å². The molecule has 1 aliphatic heterocycles. The first-order valence-electron chi connectivity index (χ1n) is 24.0. The van der Waals surface area contributed by atoms with E-state index in [1.165, 1.54) is 27.7 Å². The van der Waals surface area contributed by atoms with Crippen molar-refractivity contribution in [3.63, 3.8) is 0 Å². The second-order valence-corrected chi connectivity index (χ2v) is 21.1. The summed E-state index contributed by atoms with van der Waals surface area (Å²) in [6.45, 7) is 14.8. The SMILES string of the molecule is CNCCNC(=O)C(C)(C)NC(=O)C(C)(C)NC(=O)[C@H](CC(C)C)NC(=O)CNC(=O)C(C)(C)NC(=O)CNC(=O)[C@H](CCC1CCCCC1)NC(=O)[C@@H]1CC(C)CN1C(=O)c1ccc(P)cc1. The minimum atomic E-state index is -1.55. The molecular formula is C48H79N10O9P. The van der Waals surface area contributed by atoms with Crippen molar-refractivity contribution in [2.24, 2.45) is 17.8 Å². The Morgan fingerprint density at radius 2 is 1.28 bits per heavy atom. The first-order valence-corrected chi connectivity index (χ1v) is 24.5. The zero-order valence-corrected chi connectivity index (χ0v) is 43.0. The number of likely N-dealkylation sites (tertiary alicyclic amines) is 1. The zero-order valence-electron chi connectivity index (χ0n) is 41.9. The van der Waals surface area contributed by atoms with E-state index in [9.17, 15) is 43.2 Å². The first kappa shape index (κ1) is 57.2. The Morgan fingerprint density at radius 3 is 1.90 bits per heavy atom. The number of hydrogen-bond donors (Lipinski definition) is 9. The summed E-state index contributed by atoms with van der Waals surface area (Å²) >= 11 is 0. The van der Waals surface area contributed by atoms with Gasteiger partial charge in [-0.15, -0.1) is 9.24 Å². The van der Waals surface area contributed by atoms with Crippen molar-refractivity contribution < 1.29 is 43.2 Å². The van der Waals surface area contributed by atoms with E-state index >= 15 is 0 Å². The van der Waals surface area contributed by atoms with Crippen molar-refractivity contribution in [2.75, 3.05) is 39.8 Å². The van der Waals surface area contributed by atoms with Crippen molar-refractivity contribution in [3.8, 4) is 0 Å². The molecule has 20 heteroatoms. The van der Waals surface area contributed by atoms with Crippen LogP contribution >= 0.6 is 9.24 Å². The molecule has 0 aromatic heterocycles. The second kappa shape index (κ2) is 26.0. The Balaban J connectivity index is 1.58. The molecule has 5 atom stereocenters. The second-order valence-electron chi connectivity index (χ2n) is 20.5. The van der Waals surface area contributed by atoms with Gasteiger partial charge < -0.3 is 52.8 Å². The van der Waals surface area contributed by atoms with Crippen molar-refractivity contribution >= 4 is 67.7 Å². The van der Waals surface area contributed by atoms with Crippen LogP contribution in [0.25, 0.3) is 0 Å². The Hall–Kier alpha value is -5.16. The Labute approximate surface area is 404 Å². The molecule has 380 valence electrons. The molecule has 2 fully saturated rings. The van der Waals surface area contributed by atoms with E-state index in [2.05, 4.69) is 57.1 Å². The molecule has 2 unspecified atom stereocenters. The maximum atomic E-state index is 13.9. The molecule has 2 aliphatic rings. The fraction of sp³-hybridized carbons (Fsp3) is 0.688. The fourth-order valence-corrected chi connectivity index (χ4v) is 8.46. The van der Waals surface area contributed by atoms with Crippen LogP contribution in [-0.2, 0) is 38.4 Å². The first-order chi connectivity index (χ1) is 31.8. The third-order valence-corrected chi connectivity index (χ3v) is 12.7. The summed E-state index contributed by atoms with van der Waals surface area (Å²) < 4.78 is 0. The highest BCUT2D eigenvalue weighted by Crippen LogP contribution is 2.29. The van der Waals surface area contributed by atoms with Gasteiger partial charge in [-0.1, -0.05) is 65.0 Å². The number of carbonyl (C=O) groups is 9. The van der Waals surface area contributed by atoms with Crippen LogP contribution < -0.4 is 53.2 Å². The summed E-state index contributed by atoms with van der Waals surface area (Å²) in [6, 6.07) is 4.22. The predicted molar refractivity (Wildman–Crippen MR) is 263 cm³/mol. The average molecular weight is 971 g/mol. The highest BCUT2D eigenvalue weighted by molar-refractivity contribution is 7.27. The number of likely N-dealkylation sites (N-methyl/N-ethyl adjacent to an activating group) is 1. The van der Waals surface area contributed by atoms with E-state index in [1.54, 1.807) is 37.9 Å². The van der Waals surface area contributed by atoms with Gasteiger partial charge in [-0.05, 0) is 109 Å². The summed E-state index contributed by atoms with van der Waals surface area (Å²) in [5.41, 5.74) is -3.87. The summed E-state index contributed by atoms with van der Waals surface area (Å²) in [7, 11) is 4.32. The molecule has 19 nitrogen and oxygen atoms in total. The van der Waals surface area contributed by atoms with Crippen LogP contribution in [0.3, 0.4) is 0 Å². The van der Waals surface area contributed by atoms with Gasteiger partial charge >= 0.3 is 0 Å². The van der Waals surface area contributed by atoms with Gasteiger partial charge in [0.1, 0.15) is 34.7 Å². The number of amides is 9. The predicted octanol–water partition coefficient (Wildman–Crippen LogP) is 0.666. The van der Waals surface area contributed by atoms with Gasteiger partial charge in [-0.2, -0.15) is 0 Å². The van der Waals surface area contributed by atoms with Crippen molar-refractivity contribution in [1.29, 1.82) is 0 Å². The Kier molecular flexibility index (Phi) is 21.9. The molecule has 1 saturated carbocycles. The lowest BCUT2D eigenvalue weighted by atomic mass is 9.85. The Bertz CT molecular complexity index is 1950. The molecule has 1 aliphatic carbocycles. The standard InChI is InChI=1S/C48H79N10O9P/c1-29(2)24-35(40(62)56-48(8,9)45(67)57-47(6,7)43(65)50-23-22-49-10)53-37(59)26-52-44(66)46(4,5)55-38(60)27-51-39(61)34(21-16-31-14-12-11-13-15-31)54-41(63)36-25-30(3)28-58(36)42(64)32-17-19-33(68)20-18-32/h17-20,29-31,34-36,49H,11-16,21-28,68H2,1-10H3,(H,50,65)(H,51,61)(H,52,66)(H,53,59)(H,54,63)(H,55,60)(H,56,62)(H,57,67)/t30?,34-,35-,36-/m0/s1. The smallest absolute Gasteiger partial charge is 0.254 e. The van der Waals surface area contributed by atoms with Crippen LogP contribution in [0.2, 0.25) is 0 Å². The normalized spacial score (nSPS) is 17.6. The molecule has 1 aromatic rings.